The first kappa shape index (κ1) is 18.5. The Hall–Kier alpha value is -2.82. The number of carbonyl (C=O) groups excluding carboxylic acids is 2. The van der Waals surface area contributed by atoms with Gasteiger partial charge in [0.1, 0.15) is 5.75 Å². The molecule has 0 fully saturated rings. The van der Waals surface area contributed by atoms with Crippen LogP contribution in [0.1, 0.15) is 29.8 Å². The van der Waals surface area contributed by atoms with Crippen molar-refractivity contribution in [1.29, 1.82) is 0 Å². The molecule has 0 unspecified atom stereocenters. The molecule has 2 N–H and O–H groups in total. The van der Waals surface area contributed by atoms with Gasteiger partial charge in [-0.15, -0.1) is 0 Å². The molecular formula is C20H24N2O3. The Bertz CT molecular complexity index is 699. The van der Waals surface area contributed by atoms with E-state index < -0.39 is 0 Å². The largest absolute Gasteiger partial charge is 0.483 e. The van der Waals surface area contributed by atoms with E-state index >= 15 is 0 Å². The molecule has 0 aliphatic heterocycles. The van der Waals surface area contributed by atoms with Crippen LogP contribution in [0.15, 0.2) is 54.6 Å². The van der Waals surface area contributed by atoms with Crippen LogP contribution in [-0.4, -0.2) is 25.0 Å². The predicted molar refractivity (Wildman–Crippen MR) is 97.4 cm³/mol. The highest BCUT2D eigenvalue weighted by Gasteiger charge is 2.13. The van der Waals surface area contributed by atoms with Gasteiger partial charge in [-0.2, -0.15) is 0 Å². The third-order valence-corrected chi connectivity index (χ3v) is 3.49. The number of carbonyl (C=O) groups is 2. The molecule has 0 spiro atoms. The number of ether oxygens (including phenoxy) is 1. The summed E-state index contributed by atoms with van der Waals surface area (Å²) in [6.07, 6.45) is 0. The van der Waals surface area contributed by atoms with Gasteiger partial charge < -0.3 is 15.4 Å². The summed E-state index contributed by atoms with van der Waals surface area (Å²) in [5.41, 5.74) is 1.43. The molecule has 2 aromatic carbocycles. The molecule has 2 rings (SSSR count). The smallest absolute Gasteiger partial charge is 0.257 e. The average Bonchev–Trinajstić information content (AvgIpc) is 2.63. The lowest BCUT2D eigenvalue weighted by atomic mass is 10.1. The van der Waals surface area contributed by atoms with Gasteiger partial charge in [0.2, 0.25) is 0 Å². The molecule has 132 valence electrons. The summed E-state index contributed by atoms with van der Waals surface area (Å²) in [5, 5.41) is 5.65. The van der Waals surface area contributed by atoms with E-state index in [9.17, 15) is 9.59 Å². The fourth-order valence-corrected chi connectivity index (χ4v) is 2.17. The Morgan fingerprint density at radius 2 is 1.64 bits per heavy atom. The number of nitrogens with one attached hydrogen (secondary N) is 2. The predicted octanol–water partition coefficient (Wildman–Crippen LogP) is 2.77. The van der Waals surface area contributed by atoms with Gasteiger partial charge in [-0.3, -0.25) is 9.59 Å². The number of hydrogen-bond donors (Lipinski definition) is 2. The van der Waals surface area contributed by atoms with Gasteiger partial charge in [-0.1, -0.05) is 56.3 Å². The summed E-state index contributed by atoms with van der Waals surface area (Å²) in [5.74, 6) is 0.336. The van der Waals surface area contributed by atoms with Gasteiger partial charge in [0.05, 0.1) is 5.56 Å². The van der Waals surface area contributed by atoms with E-state index in [-0.39, 0.29) is 18.4 Å². The first-order valence-corrected chi connectivity index (χ1v) is 8.37. The van der Waals surface area contributed by atoms with E-state index in [0.717, 1.165) is 5.56 Å². The fraction of sp³-hybridized carbons (Fsp3) is 0.300. The Morgan fingerprint density at radius 3 is 2.36 bits per heavy atom. The first-order chi connectivity index (χ1) is 12.1. The van der Waals surface area contributed by atoms with Crippen molar-refractivity contribution in [2.24, 2.45) is 5.92 Å². The Labute approximate surface area is 148 Å². The van der Waals surface area contributed by atoms with Gasteiger partial charge >= 0.3 is 0 Å². The zero-order valence-corrected chi connectivity index (χ0v) is 14.6. The molecule has 2 amide bonds. The summed E-state index contributed by atoms with van der Waals surface area (Å²) < 4.78 is 5.53. The number of benzene rings is 2. The van der Waals surface area contributed by atoms with Crippen LogP contribution in [0, 0.1) is 5.92 Å². The number of para-hydroxylation sites is 1. The lowest BCUT2D eigenvalue weighted by molar-refractivity contribution is -0.123. The maximum absolute atomic E-state index is 12.4. The topological polar surface area (TPSA) is 67.4 Å². The summed E-state index contributed by atoms with van der Waals surface area (Å²) in [7, 11) is 0. The quantitative estimate of drug-likeness (QED) is 0.776. The summed E-state index contributed by atoms with van der Waals surface area (Å²) >= 11 is 0. The molecule has 0 aromatic heterocycles. The second-order valence-electron chi connectivity index (χ2n) is 6.15. The molecular weight excluding hydrogens is 316 g/mol. The normalized spacial score (nSPS) is 10.4. The Balaban J connectivity index is 1.92. The van der Waals surface area contributed by atoms with Crippen molar-refractivity contribution < 1.29 is 14.3 Å². The van der Waals surface area contributed by atoms with Gasteiger partial charge in [0.25, 0.3) is 11.8 Å². The second-order valence-corrected chi connectivity index (χ2v) is 6.15. The van der Waals surface area contributed by atoms with E-state index in [2.05, 4.69) is 10.6 Å². The first-order valence-electron chi connectivity index (χ1n) is 8.37. The van der Waals surface area contributed by atoms with Crippen molar-refractivity contribution in [1.82, 2.24) is 10.6 Å². The summed E-state index contributed by atoms with van der Waals surface area (Å²) in [6, 6.07) is 16.6. The highest BCUT2D eigenvalue weighted by atomic mass is 16.5. The van der Waals surface area contributed by atoms with E-state index in [1.165, 1.54) is 0 Å². The number of hydrogen-bond acceptors (Lipinski definition) is 3. The Kier molecular flexibility index (Phi) is 7.01. The SMILES string of the molecule is CC(C)CNC(=O)COc1ccccc1C(=O)NCc1ccccc1. The standard InChI is InChI=1S/C20H24N2O3/c1-15(2)12-21-19(23)14-25-18-11-7-6-10-17(18)20(24)22-13-16-8-4-3-5-9-16/h3-11,15H,12-14H2,1-2H3,(H,21,23)(H,22,24). The van der Waals surface area contributed by atoms with Crippen LogP contribution in [0.2, 0.25) is 0 Å². The van der Waals surface area contributed by atoms with Crippen LogP contribution in [0.3, 0.4) is 0 Å². The third-order valence-electron chi connectivity index (χ3n) is 3.49. The maximum atomic E-state index is 12.4. The molecule has 0 radical (unpaired) electrons. The molecule has 0 heterocycles. The highest BCUT2D eigenvalue weighted by molar-refractivity contribution is 5.97. The molecule has 0 bridgehead atoms. The van der Waals surface area contributed by atoms with Gasteiger partial charge in [0, 0.05) is 13.1 Å². The fourth-order valence-electron chi connectivity index (χ4n) is 2.17. The van der Waals surface area contributed by atoms with E-state index in [1.54, 1.807) is 24.3 Å². The molecule has 25 heavy (non-hydrogen) atoms. The van der Waals surface area contributed by atoms with Gasteiger partial charge in [-0.25, -0.2) is 0 Å². The van der Waals surface area contributed by atoms with Crippen molar-refractivity contribution in [2.75, 3.05) is 13.2 Å². The lowest BCUT2D eigenvalue weighted by Crippen LogP contribution is -2.32. The van der Waals surface area contributed by atoms with Crippen LogP contribution in [0.25, 0.3) is 0 Å². The van der Waals surface area contributed by atoms with Crippen LogP contribution in [-0.2, 0) is 11.3 Å². The lowest BCUT2D eigenvalue weighted by Gasteiger charge is -2.12. The highest BCUT2D eigenvalue weighted by Crippen LogP contribution is 2.18. The van der Waals surface area contributed by atoms with Crippen molar-refractivity contribution in [3.05, 3.63) is 65.7 Å². The van der Waals surface area contributed by atoms with Gasteiger partial charge in [-0.05, 0) is 23.6 Å². The molecule has 0 saturated heterocycles. The minimum absolute atomic E-state index is 0.115. The molecule has 0 aliphatic carbocycles. The Morgan fingerprint density at radius 1 is 0.960 bits per heavy atom. The molecule has 5 heteroatoms. The second kappa shape index (κ2) is 9.47. The minimum Gasteiger partial charge on any atom is -0.483 e. The van der Waals surface area contributed by atoms with Crippen LogP contribution in [0.4, 0.5) is 0 Å². The average molecular weight is 340 g/mol. The molecule has 0 aliphatic rings. The van der Waals surface area contributed by atoms with Crippen LogP contribution < -0.4 is 15.4 Å². The molecule has 0 saturated carbocycles. The molecule has 5 nitrogen and oxygen atoms in total. The zero-order chi connectivity index (χ0) is 18.1. The van der Waals surface area contributed by atoms with Crippen LogP contribution in [0.5, 0.6) is 5.75 Å². The van der Waals surface area contributed by atoms with Crippen molar-refractivity contribution in [3.8, 4) is 5.75 Å². The number of amides is 2. The molecule has 0 atom stereocenters. The minimum atomic E-state index is -0.234. The summed E-state index contributed by atoms with van der Waals surface area (Å²) in [4.78, 5) is 24.2. The van der Waals surface area contributed by atoms with Crippen LogP contribution >= 0.6 is 0 Å². The zero-order valence-electron chi connectivity index (χ0n) is 14.6. The maximum Gasteiger partial charge on any atom is 0.257 e. The van der Waals surface area contributed by atoms with Crippen molar-refractivity contribution >= 4 is 11.8 Å². The van der Waals surface area contributed by atoms with E-state index in [1.807, 2.05) is 44.2 Å². The van der Waals surface area contributed by atoms with E-state index in [4.69, 9.17) is 4.74 Å². The van der Waals surface area contributed by atoms with Gasteiger partial charge in [0.15, 0.2) is 6.61 Å². The monoisotopic (exact) mass is 340 g/mol. The summed E-state index contributed by atoms with van der Waals surface area (Å²) in [6.45, 7) is 4.96. The van der Waals surface area contributed by atoms with Crippen molar-refractivity contribution in [2.45, 2.75) is 20.4 Å². The third kappa shape index (κ3) is 6.30. The number of rotatable bonds is 8. The molecule has 2 aromatic rings. The van der Waals surface area contributed by atoms with E-state index in [0.29, 0.717) is 30.3 Å². The van der Waals surface area contributed by atoms with Crippen molar-refractivity contribution in [3.63, 3.8) is 0 Å².